The van der Waals surface area contributed by atoms with Crippen LogP contribution >= 0.6 is 11.6 Å². The van der Waals surface area contributed by atoms with Crippen LogP contribution in [0.3, 0.4) is 0 Å². The summed E-state index contributed by atoms with van der Waals surface area (Å²) in [5, 5.41) is 4.45. The third kappa shape index (κ3) is 2.27. The molecule has 5 nitrogen and oxygen atoms in total. The average molecular weight is 246 g/mol. The van der Waals surface area contributed by atoms with E-state index in [2.05, 4.69) is 10.1 Å². The van der Waals surface area contributed by atoms with Gasteiger partial charge in [-0.3, -0.25) is 0 Å². The van der Waals surface area contributed by atoms with Crippen molar-refractivity contribution in [1.29, 1.82) is 0 Å². The Morgan fingerprint density at radius 2 is 2.27 bits per heavy atom. The summed E-state index contributed by atoms with van der Waals surface area (Å²) in [6.45, 7) is 0. The maximum absolute atomic E-state index is 11.0. The van der Waals surface area contributed by atoms with Gasteiger partial charge in [0.2, 0.25) is 0 Å². The standard InChI is InChI=1S/C8H8ClN3O2S/c1-15(13,14)5-7-10-8-6(9)3-2-4-12(8)11-7/h2-4H,5H2,1H3. The lowest BCUT2D eigenvalue weighted by Crippen LogP contribution is -2.02. The summed E-state index contributed by atoms with van der Waals surface area (Å²) in [5.74, 6) is 0.0796. The highest BCUT2D eigenvalue weighted by Crippen LogP contribution is 2.14. The first-order valence-electron chi connectivity index (χ1n) is 4.13. The molecule has 15 heavy (non-hydrogen) atoms. The lowest BCUT2D eigenvalue weighted by molar-refractivity contribution is 0.599. The molecule has 2 aromatic rings. The normalized spacial score (nSPS) is 12.1. The van der Waals surface area contributed by atoms with Gasteiger partial charge in [-0.25, -0.2) is 17.9 Å². The minimum atomic E-state index is -3.12. The van der Waals surface area contributed by atoms with Crippen molar-refractivity contribution in [2.45, 2.75) is 5.75 Å². The van der Waals surface area contributed by atoms with Crippen molar-refractivity contribution >= 4 is 27.1 Å². The topological polar surface area (TPSA) is 64.3 Å². The van der Waals surface area contributed by atoms with E-state index >= 15 is 0 Å². The number of nitrogens with zero attached hydrogens (tertiary/aromatic N) is 3. The molecule has 0 aromatic carbocycles. The SMILES string of the molecule is CS(=O)(=O)Cc1nc2c(Cl)cccn2n1. The predicted molar refractivity (Wildman–Crippen MR) is 56.5 cm³/mol. The van der Waals surface area contributed by atoms with Gasteiger partial charge in [0.25, 0.3) is 0 Å². The Bertz CT molecular complexity index is 605. The van der Waals surface area contributed by atoms with Gasteiger partial charge >= 0.3 is 0 Å². The summed E-state index contributed by atoms with van der Waals surface area (Å²) in [4.78, 5) is 4.04. The fraction of sp³-hybridized carbons (Fsp3) is 0.250. The molecule has 0 amide bonds. The van der Waals surface area contributed by atoms with Crippen LogP contribution in [0.15, 0.2) is 18.3 Å². The van der Waals surface area contributed by atoms with E-state index in [0.717, 1.165) is 6.26 Å². The van der Waals surface area contributed by atoms with E-state index in [1.54, 1.807) is 18.3 Å². The second kappa shape index (κ2) is 3.46. The largest absolute Gasteiger partial charge is 0.229 e. The van der Waals surface area contributed by atoms with Gasteiger partial charge in [0.15, 0.2) is 21.3 Å². The Kier molecular flexibility index (Phi) is 2.40. The minimum absolute atomic E-state index is 0.176. The Morgan fingerprint density at radius 3 is 2.87 bits per heavy atom. The molecule has 0 unspecified atom stereocenters. The molecule has 0 bridgehead atoms. The maximum atomic E-state index is 11.0. The third-order valence-electron chi connectivity index (χ3n) is 1.75. The van der Waals surface area contributed by atoms with E-state index in [1.807, 2.05) is 0 Å². The van der Waals surface area contributed by atoms with Gasteiger partial charge < -0.3 is 0 Å². The highest BCUT2D eigenvalue weighted by Gasteiger charge is 2.11. The van der Waals surface area contributed by atoms with Crippen LogP contribution in [0, 0.1) is 0 Å². The number of fused-ring (bicyclic) bond motifs is 1. The van der Waals surface area contributed by atoms with Crippen LogP contribution in [0.1, 0.15) is 5.82 Å². The first-order valence-corrected chi connectivity index (χ1v) is 6.57. The van der Waals surface area contributed by atoms with E-state index in [0.29, 0.717) is 10.7 Å². The number of sulfone groups is 1. The van der Waals surface area contributed by atoms with E-state index < -0.39 is 9.84 Å². The molecular formula is C8H8ClN3O2S. The quantitative estimate of drug-likeness (QED) is 0.790. The van der Waals surface area contributed by atoms with Crippen molar-refractivity contribution in [3.63, 3.8) is 0 Å². The summed E-state index contributed by atoms with van der Waals surface area (Å²) in [5.41, 5.74) is 0.470. The fourth-order valence-electron chi connectivity index (χ4n) is 1.21. The van der Waals surface area contributed by atoms with Gasteiger partial charge in [0, 0.05) is 12.5 Å². The van der Waals surface area contributed by atoms with Gasteiger partial charge in [0.1, 0.15) is 5.75 Å². The predicted octanol–water partition coefficient (Wildman–Crippen LogP) is 0.927. The first kappa shape index (κ1) is 10.4. The summed E-state index contributed by atoms with van der Waals surface area (Å²) in [6.07, 6.45) is 2.81. The Balaban J connectivity index is 2.53. The van der Waals surface area contributed by atoms with E-state index in [4.69, 9.17) is 11.6 Å². The molecule has 2 rings (SSSR count). The Morgan fingerprint density at radius 1 is 1.53 bits per heavy atom. The molecule has 0 N–H and O–H groups in total. The van der Waals surface area contributed by atoms with Crippen LogP contribution < -0.4 is 0 Å². The molecule has 0 atom stereocenters. The van der Waals surface area contributed by atoms with Crippen LogP contribution in [0.4, 0.5) is 0 Å². The van der Waals surface area contributed by atoms with Gasteiger partial charge in [-0.05, 0) is 12.1 Å². The molecule has 0 aliphatic carbocycles. The summed E-state index contributed by atoms with van der Waals surface area (Å²) in [7, 11) is -3.12. The molecule has 0 aliphatic heterocycles. The van der Waals surface area contributed by atoms with E-state index in [9.17, 15) is 8.42 Å². The molecule has 7 heteroatoms. The van der Waals surface area contributed by atoms with Crippen LogP contribution in [-0.2, 0) is 15.6 Å². The second-order valence-corrected chi connectivity index (χ2v) is 5.77. The zero-order chi connectivity index (χ0) is 11.1. The molecule has 0 fully saturated rings. The molecule has 80 valence electrons. The van der Waals surface area contributed by atoms with Crippen LogP contribution in [0.25, 0.3) is 5.65 Å². The first-order chi connectivity index (χ1) is 6.96. The van der Waals surface area contributed by atoms with E-state index in [1.165, 1.54) is 4.52 Å². The molecule has 0 radical (unpaired) electrons. The van der Waals surface area contributed by atoms with Crippen LogP contribution in [0.5, 0.6) is 0 Å². The molecule has 0 aliphatic rings. The third-order valence-corrected chi connectivity index (χ3v) is 2.83. The zero-order valence-electron chi connectivity index (χ0n) is 7.88. The van der Waals surface area contributed by atoms with Crippen LogP contribution in [0.2, 0.25) is 5.02 Å². The maximum Gasteiger partial charge on any atom is 0.174 e. The minimum Gasteiger partial charge on any atom is -0.229 e. The number of hydrogen-bond acceptors (Lipinski definition) is 4. The van der Waals surface area contributed by atoms with E-state index in [-0.39, 0.29) is 11.6 Å². The highest BCUT2D eigenvalue weighted by molar-refractivity contribution is 7.89. The Labute approximate surface area is 91.6 Å². The molecule has 2 aromatic heterocycles. The van der Waals surface area contributed by atoms with Crippen LogP contribution in [-0.4, -0.2) is 29.3 Å². The number of pyridine rings is 1. The summed E-state index contributed by atoms with van der Waals surface area (Å²) in [6, 6.07) is 3.39. The number of rotatable bonds is 2. The van der Waals surface area contributed by atoms with Crippen molar-refractivity contribution in [2.24, 2.45) is 0 Å². The van der Waals surface area contributed by atoms with Crippen molar-refractivity contribution in [1.82, 2.24) is 14.6 Å². The summed E-state index contributed by atoms with van der Waals surface area (Å²) >= 11 is 5.87. The van der Waals surface area contributed by atoms with Gasteiger partial charge in [-0.15, -0.1) is 0 Å². The van der Waals surface area contributed by atoms with Gasteiger partial charge in [0.05, 0.1) is 5.02 Å². The van der Waals surface area contributed by atoms with Gasteiger partial charge in [-0.2, -0.15) is 5.10 Å². The smallest absolute Gasteiger partial charge is 0.174 e. The fourth-order valence-corrected chi connectivity index (χ4v) is 2.01. The monoisotopic (exact) mass is 245 g/mol. The summed E-state index contributed by atoms with van der Waals surface area (Å²) < 4.78 is 23.5. The van der Waals surface area contributed by atoms with Gasteiger partial charge in [-0.1, -0.05) is 11.6 Å². The lowest BCUT2D eigenvalue weighted by Gasteiger charge is -1.90. The second-order valence-electron chi connectivity index (χ2n) is 3.22. The molecule has 0 spiro atoms. The average Bonchev–Trinajstić information content (AvgIpc) is 2.45. The number of aromatic nitrogens is 3. The van der Waals surface area contributed by atoms with Crippen molar-refractivity contribution in [3.8, 4) is 0 Å². The van der Waals surface area contributed by atoms with Crippen molar-refractivity contribution in [3.05, 3.63) is 29.2 Å². The lowest BCUT2D eigenvalue weighted by atomic mass is 10.5. The van der Waals surface area contributed by atoms with Crippen molar-refractivity contribution in [2.75, 3.05) is 6.26 Å². The van der Waals surface area contributed by atoms with Crippen molar-refractivity contribution < 1.29 is 8.42 Å². The Hall–Kier alpha value is -1.14. The highest BCUT2D eigenvalue weighted by atomic mass is 35.5. The molecule has 2 heterocycles. The molecule has 0 saturated carbocycles. The number of hydrogen-bond donors (Lipinski definition) is 0. The molecular weight excluding hydrogens is 238 g/mol. The zero-order valence-corrected chi connectivity index (χ0v) is 9.46. The molecule has 0 saturated heterocycles. The number of halogens is 1.